The first-order chi connectivity index (χ1) is 21.4. The summed E-state index contributed by atoms with van der Waals surface area (Å²) >= 11 is 12.8. The number of nitrogens with one attached hydrogen (secondary N) is 1. The zero-order valence-electron chi connectivity index (χ0n) is 24.5. The molecule has 2 aliphatic rings. The summed E-state index contributed by atoms with van der Waals surface area (Å²) in [6.07, 6.45) is 5.05. The fourth-order valence-corrected chi connectivity index (χ4v) is 6.96. The second-order valence-electron chi connectivity index (χ2n) is 11.7. The van der Waals surface area contributed by atoms with Crippen LogP contribution in [0.2, 0.25) is 10.0 Å². The minimum absolute atomic E-state index is 0.0491. The molecule has 1 fully saturated rings. The lowest BCUT2D eigenvalue weighted by Gasteiger charge is -2.33. The molecule has 0 spiro atoms. The number of carbonyl (C=O) groups excluding carboxylic acids is 3. The number of benzene rings is 4. The molecule has 0 radical (unpaired) electrons. The van der Waals surface area contributed by atoms with Crippen LogP contribution in [0.25, 0.3) is 10.8 Å². The van der Waals surface area contributed by atoms with Crippen LogP contribution in [0.4, 0.5) is 5.69 Å². The fraction of sp³-hybridized carbons (Fsp3) is 0.306. The van der Waals surface area contributed by atoms with Gasteiger partial charge in [0.25, 0.3) is 5.91 Å². The molecule has 1 saturated carbocycles. The van der Waals surface area contributed by atoms with E-state index in [1.807, 2.05) is 66.7 Å². The molecular formula is C36H35Cl2N3O3. The predicted octanol–water partition coefficient (Wildman–Crippen LogP) is 7.59. The van der Waals surface area contributed by atoms with Gasteiger partial charge in [-0.2, -0.15) is 0 Å². The summed E-state index contributed by atoms with van der Waals surface area (Å²) in [5.41, 5.74) is 3.24. The maximum absolute atomic E-state index is 14.1. The zero-order valence-corrected chi connectivity index (χ0v) is 26.0. The highest BCUT2D eigenvalue weighted by atomic mass is 35.5. The molecule has 0 bridgehead atoms. The Labute approximate surface area is 267 Å². The SMILES string of the molecule is O=C(NC1CCCC1)C(Cc1ccccc1)N(Cc1ccc(Cl)cc1Cl)C(=O)CCCN1C(=O)c2cccc3cccc1c23. The van der Waals surface area contributed by atoms with E-state index in [9.17, 15) is 14.4 Å². The molecule has 6 nitrogen and oxygen atoms in total. The van der Waals surface area contributed by atoms with Crippen LogP contribution in [0, 0.1) is 0 Å². The van der Waals surface area contributed by atoms with E-state index in [1.165, 1.54) is 0 Å². The van der Waals surface area contributed by atoms with Crippen molar-refractivity contribution in [2.75, 3.05) is 11.4 Å². The minimum atomic E-state index is -0.733. The average molecular weight is 629 g/mol. The average Bonchev–Trinajstić information content (AvgIpc) is 3.63. The molecule has 3 amide bonds. The molecule has 1 aliphatic heterocycles. The summed E-state index contributed by atoms with van der Waals surface area (Å²) in [6, 6.07) is 26.0. The highest BCUT2D eigenvalue weighted by molar-refractivity contribution is 6.35. The lowest BCUT2D eigenvalue weighted by atomic mass is 10.0. The van der Waals surface area contributed by atoms with E-state index in [0.29, 0.717) is 40.6 Å². The Kier molecular flexibility index (Phi) is 9.20. The van der Waals surface area contributed by atoms with E-state index in [4.69, 9.17) is 23.2 Å². The van der Waals surface area contributed by atoms with Gasteiger partial charge >= 0.3 is 0 Å². The molecular weight excluding hydrogens is 593 g/mol. The van der Waals surface area contributed by atoms with Crippen LogP contribution in [0.1, 0.15) is 60.0 Å². The van der Waals surface area contributed by atoms with Crippen LogP contribution < -0.4 is 10.2 Å². The van der Waals surface area contributed by atoms with Crippen molar-refractivity contribution in [3.8, 4) is 0 Å². The van der Waals surface area contributed by atoms with Crippen molar-refractivity contribution in [3.05, 3.63) is 112 Å². The summed E-state index contributed by atoms with van der Waals surface area (Å²) in [5.74, 6) is -0.371. The van der Waals surface area contributed by atoms with Crippen molar-refractivity contribution >= 4 is 57.4 Å². The van der Waals surface area contributed by atoms with Gasteiger partial charge in [-0.25, -0.2) is 0 Å². The Morgan fingerprint density at radius 2 is 1.68 bits per heavy atom. The number of hydrogen-bond donors (Lipinski definition) is 1. The first kappa shape index (κ1) is 30.2. The van der Waals surface area contributed by atoms with Gasteiger partial charge < -0.3 is 15.1 Å². The summed E-state index contributed by atoms with van der Waals surface area (Å²) in [5, 5.41) is 6.16. The molecule has 0 aromatic heterocycles. The summed E-state index contributed by atoms with van der Waals surface area (Å²) in [6.45, 7) is 0.559. The fourth-order valence-electron chi connectivity index (χ4n) is 6.49. The van der Waals surface area contributed by atoms with E-state index in [1.54, 1.807) is 28.0 Å². The topological polar surface area (TPSA) is 69.7 Å². The monoisotopic (exact) mass is 627 g/mol. The number of nitrogens with zero attached hydrogens (tertiary/aromatic N) is 2. The highest BCUT2D eigenvalue weighted by Gasteiger charge is 2.33. The van der Waals surface area contributed by atoms with Gasteiger partial charge in [-0.05, 0) is 60.0 Å². The van der Waals surface area contributed by atoms with Gasteiger partial charge in [-0.15, -0.1) is 0 Å². The maximum atomic E-state index is 14.1. The third kappa shape index (κ3) is 6.47. The van der Waals surface area contributed by atoms with Crippen molar-refractivity contribution in [2.45, 2.75) is 63.6 Å². The molecule has 44 heavy (non-hydrogen) atoms. The molecule has 226 valence electrons. The van der Waals surface area contributed by atoms with Gasteiger partial charge in [0.05, 0.1) is 5.69 Å². The number of halogens is 2. The molecule has 6 rings (SSSR count). The second-order valence-corrected chi connectivity index (χ2v) is 12.5. The summed E-state index contributed by atoms with van der Waals surface area (Å²) in [4.78, 5) is 44.8. The van der Waals surface area contributed by atoms with Gasteiger partial charge in [0.1, 0.15) is 6.04 Å². The van der Waals surface area contributed by atoms with Crippen molar-refractivity contribution in [2.24, 2.45) is 0 Å². The minimum Gasteiger partial charge on any atom is -0.352 e. The van der Waals surface area contributed by atoms with Crippen molar-refractivity contribution in [1.82, 2.24) is 10.2 Å². The first-order valence-corrected chi connectivity index (χ1v) is 16.1. The first-order valence-electron chi connectivity index (χ1n) is 15.3. The molecule has 1 aliphatic carbocycles. The number of amides is 3. The molecule has 4 aromatic carbocycles. The smallest absolute Gasteiger partial charge is 0.258 e. The van der Waals surface area contributed by atoms with Crippen LogP contribution >= 0.6 is 23.2 Å². The standard InChI is InChI=1S/C36H35Cl2N3O3/c37-27-19-18-26(30(38)22-27)23-41(32(21-24-9-2-1-3-10-24)35(43)39-28-13-4-5-14-28)33(42)17-8-20-40-31-16-7-12-25-11-6-15-29(34(25)31)36(40)44/h1-3,6-7,9-12,15-16,18-19,22,28,32H,4-5,8,13-14,17,20-21,23H2,(H,39,43). The maximum Gasteiger partial charge on any atom is 0.258 e. The van der Waals surface area contributed by atoms with Crippen molar-refractivity contribution in [1.29, 1.82) is 0 Å². The molecule has 1 atom stereocenters. The van der Waals surface area contributed by atoms with E-state index in [-0.39, 0.29) is 36.7 Å². The Balaban J connectivity index is 1.25. The third-order valence-corrected chi connectivity index (χ3v) is 9.34. The number of rotatable bonds is 11. The van der Waals surface area contributed by atoms with Crippen LogP contribution in [0.5, 0.6) is 0 Å². The lowest BCUT2D eigenvalue weighted by Crippen LogP contribution is -2.52. The van der Waals surface area contributed by atoms with Crippen LogP contribution in [0.3, 0.4) is 0 Å². The van der Waals surface area contributed by atoms with Crippen molar-refractivity contribution < 1.29 is 14.4 Å². The molecule has 1 heterocycles. The number of carbonyl (C=O) groups is 3. The summed E-state index contributed by atoms with van der Waals surface area (Å²) in [7, 11) is 0. The Hall–Kier alpha value is -3.87. The zero-order chi connectivity index (χ0) is 30.6. The van der Waals surface area contributed by atoms with Crippen LogP contribution in [-0.2, 0) is 22.6 Å². The Morgan fingerprint density at radius 3 is 2.43 bits per heavy atom. The van der Waals surface area contributed by atoms with Crippen LogP contribution in [-0.4, -0.2) is 41.2 Å². The van der Waals surface area contributed by atoms with Gasteiger partial charge in [-0.1, -0.05) is 96.7 Å². The second kappa shape index (κ2) is 13.4. The van der Waals surface area contributed by atoms with Gasteiger partial charge in [0, 0.05) is 53.0 Å². The van der Waals surface area contributed by atoms with Crippen LogP contribution in [0.15, 0.2) is 84.9 Å². The van der Waals surface area contributed by atoms with E-state index >= 15 is 0 Å². The van der Waals surface area contributed by atoms with E-state index in [0.717, 1.165) is 47.7 Å². The van der Waals surface area contributed by atoms with Gasteiger partial charge in [-0.3, -0.25) is 14.4 Å². The molecule has 4 aromatic rings. The third-order valence-electron chi connectivity index (χ3n) is 8.75. The number of anilines is 1. The summed E-state index contributed by atoms with van der Waals surface area (Å²) < 4.78 is 0. The molecule has 1 unspecified atom stereocenters. The van der Waals surface area contributed by atoms with Gasteiger partial charge in [0.2, 0.25) is 11.8 Å². The Bertz CT molecular complexity index is 1680. The largest absolute Gasteiger partial charge is 0.352 e. The predicted molar refractivity (Wildman–Crippen MR) is 176 cm³/mol. The normalized spacial score (nSPS) is 15.1. The lowest BCUT2D eigenvalue weighted by molar-refractivity contribution is -0.141. The highest BCUT2D eigenvalue weighted by Crippen LogP contribution is 2.37. The van der Waals surface area contributed by atoms with E-state index < -0.39 is 6.04 Å². The molecule has 1 N–H and O–H groups in total. The van der Waals surface area contributed by atoms with E-state index in [2.05, 4.69) is 5.32 Å². The van der Waals surface area contributed by atoms with Gasteiger partial charge in [0.15, 0.2) is 0 Å². The number of hydrogen-bond acceptors (Lipinski definition) is 3. The van der Waals surface area contributed by atoms with Crippen molar-refractivity contribution in [3.63, 3.8) is 0 Å². The Morgan fingerprint density at radius 1 is 0.932 bits per heavy atom. The molecule has 8 heteroatoms. The molecule has 0 saturated heterocycles. The quantitative estimate of drug-likeness (QED) is 0.186.